The lowest BCUT2D eigenvalue weighted by Gasteiger charge is -2.09. The van der Waals surface area contributed by atoms with E-state index in [1.807, 2.05) is 13.8 Å². The molecule has 0 atom stereocenters. The van der Waals surface area contributed by atoms with Crippen molar-refractivity contribution in [1.82, 2.24) is 9.97 Å². The molecular weight excluding hydrogens is 217 g/mol. The maximum atomic E-state index is 12.4. The lowest BCUT2D eigenvalue weighted by atomic mass is 10.1. The van der Waals surface area contributed by atoms with Crippen LogP contribution in [0.15, 0.2) is 18.5 Å². The minimum Gasteiger partial charge on any atom is -0.346 e. The van der Waals surface area contributed by atoms with Crippen LogP contribution in [-0.4, -0.2) is 9.97 Å². The molecule has 0 unspecified atom stereocenters. The first-order valence-corrected chi connectivity index (χ1v) is 5.00. The summed E-state index contributed by atoms with van der Waals surface area (Å²) >= 11 is 0. The topological polar surface area (TPSA) is 28.7 Å². The molecule has 0 spiro atoms. The predicted octanol–water partition coefficient (Wildman–Crippen LogP) is 3.92. The number of hydrogen-bond donors (Lipinski definition) is 1. The van der Waals surface area contributed by atoms with Gasteiger partial charge in [-0.2, -0.15) is 13.2 Å². The number of H-pyrrole nitrogens is 1. The summed E-state index contributed by atoms with van der Waals surface area (Å²) < 4.78 is 37.3. The molecule has 2 heterocycles. The Kier molecular flexibility index (Phi) is 3.57. The molecule has 0 aliphatic rings. The highest BCUT2D eigenvalue weighted by atomic mass is 19.4. The number of alkyl halides is 3. The van der Waals surface area contributed by atoms with Crippen molar-refractivity contribution >= 4 is 11.0 Å². The van der Waals surface area contributed by atoms with Crippen LogP contribution in [0.5, 0.6) is 0 Å². The lowest BCUT2D eigenvalue weighted by Crippen LogP contribution is -2.08. The molecule has 5 heteroatoms. The Labute approximate surface area is 91.5 Å². The second kappa shape index (κ2) is 4.55. The Balaban J connectivity index is 0.000000606. The molecule has 0 amide bonds. The molecule has 1 N–H and O–H groups in total. The monoisotopic (exact) mass is 230 g/mol. The van der Waals surface area contributed by atoms with Crippen LogP contribution in [0, 0.1) is 6.92 Å². The van der Waals surface area contributed by atoms with E-state index < -0.39 is 11.7 Å². The second-order valence-corrected chi connectivity index (χ2v) is 3.03. The number of aryl methyl sites for hydroxylation is 1. The Hall–Kier alpha value is -1.52. The molecule has 0 aliphatic heterocycles. The molecule has 2 aromatic rings. The van der Waals surface area contributed by atoms with Gasteiger partial charge in [-0.1, -0.05) is 13.8 Å². The van der Waals surface area contributed by atoms with E-state index >= 15 is 0 Å². The van der Waals surface area contributed by atoms with Gasteiger partial charge >= 0.3 is 6.18 Å². The van der Waals surface area contributed by atoms with Crippen molar-refractivity contribution in [3.63, 3.8) is 0 Å². The molecule has 2 rings (SSSR count). The normalized spacial score (nSPS) is 11.1. The first-order chi connectivity index (χ1) is 7.50. The van der Waals surface area contributed by atoms with Gasteiger partial charge in [0.25, 0.3) is 0 Å². The Morgan fingerprint density at radius 3 is 2.44 bits per heavy atom. The fraction of sp³-hybridized carbons (Fsp3) is 0.364. The van der Waals surface area contributed by atoms with E-state index in [-0.39, 0.29) is 5.56 Å². The Morgan fingerprint density at radius 2 is 1.88 bits per heavy atom. The van der Waals surface area contributed by atoms with Crippen LogP contribution in [0.3, 0.4) is 0 Å². The van der Waals surface area contributed by atoms with Gasteiger partial charge in [0.05, 0.1) is 5.56 Å². The third-order valence-electron chi connectivity index (χ3n) is 2.16. The molecule has 0 aliphatic carbocycles. The average Bonchev–Trinajstić information content (AvgIpc) is 2.68. The maximum absolute atomic E-state index is 12.4. The SMILES string of the molecule is CC.Cc1c(C(F)(F)F)cnc2[nH]ccc12. The minimum absolute atomic E-state index is 0.212. The van der Waals surface area contributed by atoms with Crippen LogP contribution in [0.2, 0.25) is 0 Å². The number of nitrogens with zero attached hydrogens (tertiary/aromatic N) is 1. The van der Waals surface area contributed by atoms with Gasteiger partial charge in [0.1, 0.15) is 5.65 Å². The van der Waals surface area contributed by atoms with Crippen molar-refractivity contribution in [3.8, 4) is 0 Å². The van der Waals surface area contributed by atoms with E-state index in [0.29, 0.717) is 11.0 Å². The van der Waals surface area contributed by atoms with Crippen LogP contribution in [-0.2, 0) is 6.18 Å². The van der Waals surface area contributed by atoms with Crippen molar-refractivity contribution < 1.29 is 13.2 Å². The zero-order valence-corrected chi connectivity index (χ0v) is 9.31. The van der Waals surface area contributed by atoms with Crippen LogP contribution in [0.1, 0.15) is 25.0 Å². The Morgan fingerprint density at radius 1 is 1.25 bits per heavy atom. The van der Waals surface area contributed by atoms with Gasteiger partial charge < -0.3 is 4.98 Å². The number of aromatic amines is 1. The van der Waals surface area contributed by atoms with Crippen molar-refractivity contribution in [1.29, 1.82) is 0 Å². The fourth-order valence-electron chi connectivity index (χ4n) is 1.43. The number of pyridine rings is 1. The van der Waals surface area contributed by atoms with Crippen molar-refractivity contribution in [2.24, 2.45) is 0 Å². The standard InChI is InChI=1S/C9H7F3N2.C2H6/c1-5-6-2-3-13-8(6)14-4-7(5)9(10,11)12;1-2/h2-4H,1H3,(H,13,14);1-2H3. The molecular formula is C11H13F3N2. The fourth-order valence-corrected chi connectivity index (χ4v) is 1.43. The summed E-state index contributed by atoms with van der Waals surface area (Å²) in [6, 6.07) is 1.59. The number of rotatable bonds is 0. The highest BCUT2D eigenvalue weighted by Gasteiger charge is 2.33. The van der Waals surface area contributed by atoms with Crippen LogP contribution in [0.4, 0.5) is 13.2 Å². The molecule has 16 heavy (non-hydrogen) atoms. The first kappa shape index (κ1) is 12.5. The summed E-state index contributed by atoms with van der Waals surface area (Å²) in [6.07, 6.45) is -1.90. The van der Waals surface area contributed by atoms with E-state index in [0.717, 1.165) is 6.20 Å². The van der Waals surface area contributed by atoms with E-state index in [4.69, 9.17) is 0 Å². The molecule has 2 nitrogen and oxygen atoms in total. The molecule has 0 radical (unpaired) electrons. The lowest BCUT2D eigenvalue weighted by molar-refractivity contribution is -0.138. The van der Waals surface area contributed by atoms with Crippen LogP contribution in [0.25, 0.3) is 11.0 Å². The van der Waals surface area contributed by atoms with Crippen LogP contribution < -0.4 is 0 Å². The largest absolute Gasteiger partial charge is 0.418 e. The predicted molar refractivity (Wildman–Crippen MR) is 57.2 cm³/mol. The van der Waals surface area contributed by atoms with Gasteiger partial charge in [-0.25, -0.2) is 4.98 Å². The van der Waals surface area contributed by atoms with E-state index in [9.17, 15) is 13.2 Å². The molecule has 2 aromatic heterocycles. The molecule has 0 fully saturated rings. The molecule has 0 saturated heterocycles. The molecule has 0 saturated carbocycles. The number of hydrogen-bond acceptors (Lipinski definition) is 1. The molecule has 0 aromatic carbocycles. The zero-order chi connectivity index (χ0) is 12.3. The summed E-state index contributed by atoms with van der Waals surface area (Å²) in [7, 11) is 0. The number of halogens is 3. The summed E-state index contributed by atoms with van der Waals surface area (Å²) in [6.45, 7) is 5.45. The van der Waals surface area contributed by atoms with Gasteiger partial charge in [0, 0.05) is 17.8 Å². The average molecular weight is 230 g/mol. The molecule has 88 valence electrons. The van der Waals surface area contributed by atoms with Crippen molar-refractivity contribution in [2.45, 2.75) is 26.9 Å². The summed E-state index contributed by atoms with van der Waals surface area (Å²) in [5.74, 6) is 0. The van der Waals surface area contributed by atoms with E-state index in [1.165, 1.54) is 6.92 Å². The minimum atomic E-state index is -4.33. The maximum Gasteiger partial charge on any atom is 0.418 e. The third-order valence-corrected chi connectivity index (χ3v) is 2.16. The van der Waals surface area contributed by atoms with Gasteiger partial charge in [-0.3, -0.25) is 0 Å². The number of aromatic nitrogens is 2. The first-order valence-electron chi connectivity index (χ1n) is 5.00. The highest BCUT2D eigenvalue weighted by molar-refractivity contribution is 5.80. The van der Waals surface area contributed by atoms with Crippen molar-refractivity contribution in [3.05, 3.63) is 29.6 Å². The van der Waals surface area contributed by atoms with Gasteiger partial charge in [0.15, 0.2) is 0 Å². The van der Waals surface area contributed by atoms with Gasteiger partial charge in [-0.05, 0) is 18.6 Å². The van der Waals surface area contributed by atoms with Gasteiger partial charge in [0.2, 0.25) is 0 Å². The Bertz CT molecular complexity index is 472. The smallest absolute Gasteiger partial charge is 0.346 e. The van der Waals surface area contributed by atoms with Crippen molar-refractivity contribution in [2.75, 3.05) is 0 Å². The van der Waals surface area contributed by atoms with Crippen LogP contribution >= 0.6 is 0 Å². The number of fused-ring (bicyclic) bond motifs is 1. The summed E-state index contributed by atoms with van der Waals surface area (Å²) in [5.41, 5.74) is 0.0175. The van der Waals surface area contributed by atoms with E-state index in [2.05, 4.69) is 9.97 Å². The second-order valence-electron chi connectivity index (χ2n) is 3.03. The summed E-state index contributed by atoms with van der Waals surface area (Å²) in [5, 5.41) is 0.514. The third kappa shape index (κ3) is 2.18. The van der Waals surface area contributed by atoms with Gasteiger partial charge in [-0.15, -0.1) is 0 Å². The number of nitrogens with one attached hydrogen (secondary N) is 1. The zero-order valence-electron chi connectivity index (χ0n) is 9.31. The van der Waals surface area contributed by atoms with E-state index in [1.54, 1.807) is 12.3 Å². The highest BCUT2D eigenvalue weighted by Crippen LogP contribution is 2.33. The quantitative estimate of drug-likeness (QED) is 0.730. The molecule has 0 bridgehead atoms. The summed E-state index contributed by atoms with van der Waals surface area (Å²) in [4.78, 5) is 6.45.